The van der Waals surface area contributed by atoms with Gasteiger partial charge in [-0.1, -0.05) is 78.9 Å². The number of benzene rings is 5. The van der Waals surface area contributed by atoms with Crippen molar-refractivity contribution in [2.24, 2.45) is 0 Å². The van der Waals surface area contributed by atoms with Gasteiger partial charge in [0, 0.05) is 50.2 Å². The van der Waals surface area contributed by atoms with E-state index >= 15 is 0 Å². The second-order valence-electron chi connectivity index (χ2n) is 12.9. The summed E-state index contributed by atoms with van der Waals surface area (Å²) in [6.45, 7) is 0. The first kappa shape index (κ1) is 27.9. The third-order valence-corrected chi connectivity index (χ3v) is 9.98. The highest BCUT2D eigenvalue weighted by Gasteiger charge is 2.18. The Labute approximate surface area is 291 Å². The van der Waals surface area contributed by atoms with Crippen molar-refractivity contribution < 1.29 is 4.42 Å². The second-order valence-corrected chi connectivity index (χ2v) is 12.9. The number of hydrogen-bond donors (Lipinski definition) is 0. The van der Waals surface area contributed by atoms with Crippen molar-refractivity contribution in [1.82, 2.24) is 24.1 Å². The van der Waals surface area contributed by atoms with Gasteiger partial charge in [-0.15, -0.1) is 0 Å². The van der Waals surface area contributed by atoms with Crippen LogP contribution in [0, 0.1) is 0 Å². The number of rotatable bonds is 4. The lowest BCUT2D eigenvalue weighted by atomic mass is 10.1. The highest BCUT2D eigenvalue weighted by molar-refractivity contribution is 6.11. The molecule has 0 fully saturated rings. The van der Waals surface area contributed by atoms with Crippen molar-refractivity contribution in [2.75, 3.05) is 0 Å². The minimum absolute atomic E-state index is 0.710. The lowest BCUT2D eigenvalue weighted by Gasteiger charge is -2.08. The van der Waals surface area contributed by atoms with Gasteiger partial charge in [0.1, 0.15) is 16.7 Å². The Morgan fingerprint density at radius 1 is 0.412 bits per heavy atom. The van der Waals surface area contributed by atoms with E-state index in [-0.39, 0.29) is 0 Å². The van der Waals surface area contributed by atoms with Crippen molar-refractivity contribution in [2.45, 2.75) is 0 Å². The molecule has 0 spiro atoms. The number of para-hydroxylation sites is 3. The molecular weight excluding hydrogens is 627 g/mol. The largest absolute Gasteiger partial charge is 0.453 e. The molecule has 0 aliphatic heterocycles. The minimum atomic E-state index is 0.710. The van der Waals surface area contributed by atoms with Gasteiger partial charge in [0.2, 0.25) is 0 Å². The van der Waals surface area contributed by atoms with Crippen LogP contribution in [-0.4, -0.2) is 24.1 Å². The van der Waals surface area contributed by atoms with Crippen LogP contribution in [0.3, 0.4) is 0 Å². The molecule has 0 unspecified atom stereocenters. The zero-order valence-electron chi connectivity index (χ0n) is 27.2. The molecule has 0 atom stereocenters. The average molecular weight is 654 g/mol. The maximum atomic E-state index is 6.27. The Kier molecular flexibility index (Phi) is 5.86. The predicted octanol–water partition coefficient (Wildman–Crippen LogP) is 11.3. The predicted molar refractivity (Wildman–Crippen MR) is 207 cm³/mol. The highest BCUT2D eigenvalue weighted by Crippen LogP contribution is 2.37. The zero-order chi connectivity index (χ0) is 33.5. The molecule has 0 amide bonds. The van der Waals surface area contributed by atoms with Gasteiger partial charge in [-0.05, 0) is 78.9 Å². The van der Waals surface area contributed by atoms with E-state index in [2.05, 4.69) is 130 Å². The van der Waals surface area contributed by atoms with E-state index in [0.29, 0.717) is 11.2 Å². The van der Waals surface area contributed by atoms with Gasteiger partial charge in [-0.3, -0.25) is 4.57 Å². The molecule has 0 bridgehead atoms. The fourth-order valence-electron chi connectivity index (χ4n) is 7.66. The van der Waals surface area contributed by atoms with Gasteiger partial charge in [0.15, 0.2) is 11.2 Å². The van der Waals surface area contributed by atoms with Crippen LogP contribution in [0.2, 0.25) is 0 Å². The van der Waals surface area contributed by atoms with E-state index in [1.165, 1.54) is 16.3 Å². The molecule has 238 valence electrons. The van der Waals surface area contributed by atoms with E-state index < -0.39 is 0 Å². The average Bonchev–Trinajstić information content (AvgIpc) is 3.85. The molecule has 11 aromatic rings. The molecule has 6 heteroatoms. The van der Waals surface area contributed by atoms with Gasteiger partial charge in [-0.2, -0.15) is 0 Å². The summed E-state index contributed by atoms with van der Waals surface area (Å²) < 4.78 is 10.8. The molecule has 0 aliphatic carbocycles. The number of hydrogen-bond acceptors (Lipinski definition) is 4. The van der Waals surface area contributed by atoms with Crippen LogP contribution in [0.25, 0.3) is 99.8 Å². The summed E-state index contributed by atoms with van der Waals surface area (Å²) in [7, 11) is 0. The van der Waals surface area contributed by atoms with Gasteiger partial charge in [-0.25, -0.2) is 15.0 Å². The lowest BCUT2D eigenvalue weighted by molar-refractivity contribution is 0.667. The highest BCUT2D eigenvalue weighted by atomic mass is 16.3. The number of furan rings is 1. The van der Waals surface area contributed by atoms with Crippen LogP contribution in [0.15, 0.2) is 168 Å². The fourth-order valence-corrected chi connectivity index (χ4v) is 7.66. The quantitative estimate of drug-likeness (QED) is 0.190. The fraction of sp³-hybridized carbons (Fsp3) is 0. The summed E-state index contributed by atoms with van der Waals surface area (Å²) in [5.74, 6) is 0. The third kappa shape index (κ3) is 4.20. The minimum Gasteiger partial charge on any atom is -0.453 e. The second kappa shape index (κ2) is 10.7. The van der Waals surface area contributed by atoms with Crippen LogP contribution < -0.4 is 0 Å². The molecule has 6 aromatic heterocycles. The van der Waals surface area contributed by atoms with Crippen molar-refractivity contribution in [3.8, 4) is 33.9 Å². The van der Waals surface area contributed by atoms with Crippen molar-refractivity contribution in [3.05, 3.63) is 164 Å². The van der Waals surface area contributed by atoms with E-state index in [4.69, 9.17) is 19.4 Å². The lowest BCUT2D eigenvalue weighted by Crippen LogP contribution is -1.95. The van der Waals surface area contributed by atoms with Gasteiger partial charge in [0.25, 0.3) is 0 Å². The van der Waals surface area contributed by atoms with E-state index in [0.717, 1.165) is 72.4 Å². The summed E-state index contributed by atoms with van der Waals surface area (Å²) >= 11 is 0. The summed E-state index contributed by atoms with van der Waals surface area (Å²) in [4.78, 5) is 15.1. The van der Waals surface area contributed by atoms with Crippen molar-refractivity contribution >= 4 is 65.9 Å². The molecule has 51 heavy (non-hydrogen) atoms. The van der Waals surface area contributed by atoms with Crippen LogP contribution in [0.1, 0.15) is 0 Å². The molecule has 6 nitrogen and oxygen atoms in total. The first-order valence-corrected chi connectivity index (χ1v) is 17.0. The summed E-state index contributed by atoms with van der Waals surface area (Å²) in [6, 6.07) is 54.8. The Morgan fingerprint density at radius 3 is 1.61 bits per heavy atom. The molecule has 5 aromatic carbocycles. The number of pyridine rings is 3. The number of aromatic nitrogens is 5. The first-order valence-electron chi connectivity index (χ1n) is 17.0. The summed E-state index contributed by atoms with van der Waals surface area (Å²) in [5.41, 5.74) is 13.2. The molecule has 6 heterocycles. The van der Waals surface area contributed by atoms with Gasteiger partial charge in [0.05, 0.1) is 27.9 Å². The van der Waals surface area contributed by atoms with Crippen LogP contribution >= 0.6 is 0 Å². The van der Waals surface area contributed by atoms with Gasteiger partial charge < -0.3 is 8.98 Å². The molecular formula is C45H27N5O. The van der Waals surface area contributed by atoms with Crippen molar-refractivity contribution in [3.63, 3.8) is 0 Å². The van der Waals surface area contributed by atoms with E-state index in [1.54, 1.807) is 0 Å². The topological polar surface area (TPSA) is 61.7 Å². The molecule has 0 radical (unpaired) electrons. The molecule has 0 N–H and O–H groups in total. The van der Waals surface area contributed by atoms with Gasteiger partial charge >= 0.3 is 0 Å². The SMILES string of the molecule is c1ccc(-n2c3ccccc3c3ccc(-c4ccc5oc6ccc(-c7ccc8c9cccnc9n(-c9ccccc9)c8c7)nc6c5n4)cc32)cc1. The van der Waals surface area contributed by atoms with Crippen LogP contribution in [0.5, 0.6) is 0 Å². The smallest absolute Gasteiger partial charge is 0.155 e. The van der Waals surface area contributed by atoms with Crippen LogP contribution in [-0.2, 0) is 0 Å². The Hall–Kier alpha value is -7.05. The molecule has 11 rings (SSSR count). The van der Waals surface area contributed by atoms with E-state index in [1.807, 2.05) is 42.6 Å². The van der Waals surface area contributed by atoms with Crippen molar-refractivity contribution in [1.29, 1.82) is 0 Å². The third-order valence-electron chi connectivity index (χ3n) is 9.98. The Morgan fingerprint density at radius 2 is 0.941 bits per heavy atom. The number of fused-ring (bicyclic) bond motifs is 9. The summed E-state index contributed by atoms with van der Waals surface area (Å²) in [5, 5.41) is 4.70. The molecule has 0 saturated heterocycles. The normalized spacial score (nSPS) is 11.9. The standard InChI is InChI=1S/C45H27N5O/c1-3-10-30(11-4-1)49-38-16-8-7-14-32(38)33-19-17-28(26-39(33)49)36-21-23-41-43(47-36)44-42(51-41)24-22-37(48-44)29-18-20-34-35-15-9-25-46-45(35)50(40(34)27-29)31-12-5-2-6-13-31/h1-27H. The Balaban J connectivity index is 1.07. The van der Waals surface area contributed by atoms with E-state index in [9.17, 15) is 0 Å². The maximum Gasteiger partial charge on any atom is 0.155 e. The first-order chi connectivity index (χ1) is 25.3. The molecule has 0 saturated carbocycles. The molecule has 0 aliphatic rings. The monoisotopic (exact) mass is 653 g/mol. The maximum absolute atomic E-state index is 6.27. The van der Waals surface area contributed by atoms with Crippen LogP contribution in [0.4, 0.5) is 0 Å². The summed E-state index contributed by atoms with van der Waals surface area (Å²) in [6.07, 6.45) is 1.85. The Bertz CT molecular complexity index is 2920. The number of nitrogens with zero attached hydrogens (tertiary/aromatic N) is 5. The zero-order valence-corrected chi connectivity index (χ0v) is 27.2.